The van der Waals surface area contributed by atoms with Crippen LogP contribution in [0.2, 0.25) is 0 Å². The number of carbonyl (C=O) groups excluding carboxylic acids is 2. The van der Waals surface area contributed by atoms with Gasteiger partial charge in [0.25, 0.3) is 0 Å². The molecule has 7 heteroatoms. The number of benzene rings is 2. The first-order valence-electron chi connectivity index (χ1n) is 11.4. The van der Waals surface area contributed by atoms with E-state index in [1.807, 2.05) is 87.4 Å². The maximum absolute atomic E-state index is 13.9. The Morgan fingerprint density at radius 2 is 1.79 bits per heavy atom. The summed E-state index contributed by atoms with van der Waals surface area (Å²) in [5.74, 6) is 0.511. The van der Waals surface area contributed by atoms with Gasteiger partial charge < -0.3 is 19.9 Å². The first-order chi connectivity index (χ1) is 15.4. The Kier molecular flexibility index (Phi) is 10.2. The lowest BCUT2D eigenvalue weighted by atomic mass is 10.0. The molecule has 2 amide bonds. The molecule has 33 heavy (non-hydrogen) atoms. The molecule has 2 aromatic rings. The van der Waals surface area contributed by atoms with Gasteiger partial charge in [-0.15, -0.1) is 12.4 Å². The van der Waals surface area contributed by atoms with E-state index in [1.54, 1.807) is 0 Å². The molecule has 1 aliphatic rings. The SMILES string of the molecule is CCC(C)C(=O)NC(Cc1ccccc1)C(=O)N1Cc2ccccc2OCC1CN(C)C.Cl. The fraction of sp³-hybridized carbons (Fsp3) is 0.462. The normalized spacial score (nSPS) is 17.1. The van der Waals surface area contributed by atoms with Crippen LogP contribution in [0, 0.1) is 5.92 Å². The Bertz CT molecular complexity index is 907. The highest BCUT2D eigenvalue weighted by molar-refractivity contribution is 5.89. The van der Waals surface area contributed by atoms with E-state index in [0.29, 0.717) is 26.1 Å². The van der Waals surface area contributed by atoms with Crippen LogP contribution in [-0.2, 0) is 22.6 Å². The largest absolute Gasteiger partial charge is 0.491 e. The van der Waals surface area contributed by atoms with Gasteiger partial charge in [-0.1, -0.05) is 62.4 Å². The number of rotatable bonds is 8. The van der Waals surface area contributed by atoms with Gasteiger partial charge >= 0.3 is 0 Å². The van der Waals surface area contributed by atoms with Crippen LogP contribution in [0.5, 0.6) is 5.75 Å². The minimum atomic E-state index is -0.631. The molecule has 0 aromatic heterocycles. The predicted octanol–water partition coefficient (Wildman–Crippen LogP) is 3.53. The van der Waals surface area contributed by atoms with Crippen molar-refractivity contribution in [2.75, 3.05) is 27.2 Å². The van der Waals surface area contributed by atoms with Crippen LogP contribution in [0.15, 0.2) is 54.6 Å². The van der Waals surface area contributed by atoms with E-state index in [9.17, 15) is 9.59 Å². The van der Waals surface area contributed by atoms with Crippen LogP contribution in [0.4, 0.5) is 0 Å². The lowest BCUT2D eigenvalue weighted by molar-refractivity contribution is -0.140. The molecule has 3 atom stereocenters. The van der Waals surface area contributed by atoms with Gasteiger partial charge in [0.05, 0.1) is 6.04 Å². The van der Waals surface area contributed by atoms with Crippen molar-refractivity contribution in [2.45, 2.75) is 45.3 Å². The number of hydrogen-bond acceptors (Lipinski definition) is 4. The molecule has 6 nitrogen and oxygen atoms in total. The van der Waals surface area contributed by atoms with E-state index in [4.69, 9.17) is 4.74 Å². The van der Waals surface area contributed by atoms with Crippen molar-refractivity contribution in [2.24, 2.45) is 5.92 Å². The summed E-state index contributed by atoms with van der Waals surface area (Å²) in [4.78, 5) is 30.7. The summed E-state index contributed by atoms with van der Waals surface area (Å²) >= 11 is 0. The molecular weight excluding hydrogens is 438 g/mol. The molecular formula is C26H36ClN3O3. The standard InChI is InChI=1S/C26H35N3O3.ClH/c1-5-19(2)25(30)27-23(15-20-11-7-6-8-12-20)26(31)29-16-21-13-9-10-14-24(21)32-18-22(29)17-28(3)4;/h6-14,19,22-23H,5,15-18H2,1-4H3,(H,27,30);1H. The van der Waals surface area contributed by atoms with Gasteiger partial charge in [0.1, 0.15) is 18.4 Å². The molecule has 0 radical (unpaired) electrons. The Hall–Kier alpha value is -2.57. The molecule has 0 aliphatic carbocycles. The van der Waals surface area contributed by atoms with E-state index in [2.05, 4.69) is 10.2 Å². The zero-order valence-corrected chi connectivity index (χ0v) is 20.8. The zero-order valence-electron chi connectivity index (χ0n) is 20.0. The number of para-hydroxylation sites is 1. The first kappa shape index (κ1) is 26.7. The summed E-state index contributed by atoms with van der Waals surface area (Å²) in [6.07, 6.45) is 1.18. The minimum Gasteiger partial charge on any atom is -0.491 e. The zero-order chi connectivity index (χ0) is 23.1. The van der Waals surface area contributed by atoms with Gasteiger partial charge in [-0.05, 0) is 32.1 Å². The van der Waals surface area contributed by atoms with E-state index >= 15 is 0 Å². The molecule has 0 spiro atoms. The van der Waals surface area contributed by atoms with Crippen LogP contribution < -0.4 is 10.1 Å². The van der Waals surface area contributed by atoms with Crippen molar-refractivity contribution >= 4 is 24.2 Å². The third-order valence-electron chi connectivity index (χ3n) is 6.00. The molecule has 180 valence electrons. The Morgan fingerprint density at radius 1 is 1.12 bits per heavy atom. The highest BCUT2D eigenvalue weighted by Gasteiger charge is 2.34. The maximum atomic E-state index is 13.9. The fourth-order valence-corrected chi connectivity index (χ4v) is 3.94. The Morgan fingerprint density at radius 3 is 2.45 bits per heavy atom. The highest BCUT2D eigenvalue weighted by atomic mass is 35.5. The number of hydrogen-bond donors (Lipinski definition) is 1. The van der Waals surface area contributed by atoms with Gasteiger partial charge in [0.15, 0.2) is 0 Å². The molecule has 0 bridgehead atoms. The third-order valence-corrected chi connectivity index (χ3v) is 6.00. The average Bonchev–Trinajstić information content (AvgIpc) is 2.97. The van der Waals surface area contributed by atoms with Gasteiger partial charge in [-0.3, -0.25) is 9.59 Å². The second kappa shape index (κ2) is 12.6. The van der Waals surface area contributed by atoms with Crippen LogP contribution >= 0.6 is 12.4 Å². The van der Waals surface area contributed by atoms with Crippen LogP contribution in [0.1, 0.15) is 31.4 Å². The maximum Gasteiger partial charge on any atom is 0.246 e. The Labute approximate surface area is 203 Å². The number of likely N-dealkylation sites (N-methyl/N-ethyl adjacent to an activating group) is 1. The lowest BCUT2D eigenvalue weighted by Gasteiger charge is -2.34. The molecule has 1 N–H and O–H groups in total. The summed E-state index contributed by atoms with van der Waals surface area (Å²) in [6.45, 7) is 5.42. The second-order valence-corrected chi connectivity index (χ2v) is 8.86. The van der Waals surface area contributed by atoms with Crippen molar-refractivity contribution in [3.8, 4) is 5.75 Å². The summed E-state index contributed by atoms with van der Waals surface area (Å²) in [5, 5.41) is 3.05. The molecule has 3 unspecified atom stereocenters. The molecule has 1 aliphatic heterocycles. The molecule has 2 aromatic carbocycles. The quantitative estimate of drug-likeness (QED) is 0.637. The Balaban J connectivity index is 0.00000385. The molecule has 0 saturated carbocycles. The van der Waals surface area contributed by atoms with E-state index < -0.39 is 6.04 Å². The summed E-state index contributed by atoms with van der Waals surface area (Å²) in [7, 11) is 3.99. The molecule has 3 rings (SSSR count). The fourth-order valence-electron chi connectivity index (χ4n) is 3.94. The predicted molar refractivity (Wildman–Crippen MR) is 134 cm³/mol. The number of fused-ring (bicyclic) bond motifs is 1. The summed E-state index contributed by atoms with van der Waals surface area (Å²) < 4.78 is 6.07. The topological polar surface area (TPSA) is 61.9 Å². The number of amides is 2. The van der Waals surface area contributed by atoms with Crippen LogP contribution in [0.3, 0.4) is 0 Å². The lowest BCUT2D eigenvalue weighted by Crippen LogP contribution is -2.55. The number of nitrogens with zero attached hydrogens (tertiary/aromatic N) is 2. The van der Waals surface area contributed by atoms with Crippen molar-refractivity contribution in [3.63, 3.8) is 0 Å². The van der Waals surface area contributed by atoms with Crippen molar-refractivity contribution < 1.29 is 14.3 Å². The molecule has 1 heterocycles. The van der Waals surface area contributed by atoms with Gasteiger partial charge in [-0.25, -0.2) is 0 Å². The van der Waals surface area contributed by atoms with E-state index in [1.165, 1.54) is 0 Å². The van der Waals surface area contributed by atoms with Crippen molar-refractivity contribution in [3.05, 3.63) is 65.7 Å². The van der Waals surface area contributed by atoms with Crippen LogP contribution in [0.25, 0.3) is 0 Å². The molecule has 0 saturated heterocycles. The summed E-state index contributed by atoms with van der Waals surface area (Å²) in [6, 6.07) is 17.0. The number of halogens is 1. The van der Waals surface area contributed by atoms with Gasteiger partial charge in [0, 0.05) is 31.0 Å². The third kappa shape index (κ3) is 7.21. The van der Waals surface area contributed by atoms with Crippen LogP contribution in [-0.4, -0.2) is 60.9 Å². The first-order valence-corrected chi connectivity index (χ1v) is 11.4. The van der Waals surface area contributed by atoms with Crippen molar-refractivity contribution in [1.29, 1.82) is 0 Å². The molecule has 0 fully saturated rings. The smallest absolute Gasteiger partial charge is 0.246 e. The number of ether oxygens (including phenoxy) is 1. The minimum absolute atomic E-state index is 0. The van der Waals surface area contributed by atoms with Crippen molar-refractivity contribution in [1.82, 2.24) is 15.1 Å². The van der Waals surface area contributed by atoms with E-state index in [-0.39, 0.29) is 36.2 Å². The second-order valence-electron chi connectivity index (χ2n) is 8.86. The number of nitrogens with one attached hydrogen (secondary N) is 1. The monoisotopic (exact) mass is 473 g/mol. The average molecular weight is 474 g/mol. The summed E-state index contributed by atoms with van der Waals surface area (Å²) in [5.41, 5.74) is 2.00. The van der Waals surface area contributed by atoms with Gasteiger partial charge in [-0.2, -0.15) is 0 Å². The highest BCUT2D eigenvalue weighted by Crippen LogP contribution is 2.26. The number of carbonyl (C=O) groups is 2. The van der Waals surface area contributed by atoms with E-state index in [0.717, 1.165) is 23.3 Å². The van der Waals surface area contributed by atoms with Gasteiger partial charge in [0.2, 0.25) is 11.8 Å².